The fraction of sp³-hybridized carbons (Fsp3) is 0.558. The van der Waals surface area contributed by atoms with E-state index in [1.807, 2.05) is 12.1 Å². The standard InChI is InChI=1S/C43H64N2O3S/c1-9-17-25-44(26-18-10-2)42-33(13-5)29-37(30-34(42)14-6)41(39-23-21-22-24-40(39)49(46,47)48)38-31-35(15-7)43(36(16-8)32-38)45(27-19-11-3)28-20-12-4/h21-24,29-32H,9-20,25-28H2,1-8H3/p+1. The van der Waals surface area contributed by atoms with Gasteiger partial charge in [-0.2, -0.15) is 8.42 Å². The highest BCUT2D eigenvalue weighted by Gasteiger charge is 2.29. The van der Waals surface area contributed by atoms with Crippen LogP contribution in [0, 0.1) is 0 Å². The molecule has 0 saturated heterocycles. The quantitative estimate of drug-likeness (QED) is 0.111. The van der Waals surface area contributed by atoms with Gasteiger partial charge < -0.3 is 4.90 Å². The number of unbranched alkanes of at least 4 members (excludes halogenated alkanes) is 4. The summed E-state index contributed by atoms with van der Waals surface area (Å²) in [6.07, 6.45) is 17.3. The lowest BCUT2D eigenvalue weighted by molar-refractivity contribution is -0.528. The highest BCUT2D eigenvalue weighted by molar-refractivity contribution is 7.86. The van der Waals surface area contributed by atoms with Crippen molar-refractivity contribution in [2.75, 3.05) is 31.1 Å². The molecule has 0 unspecified atom stereocenters. The lowest BCUT2D eigenvalue weighted by Gasteiger charge is -2.31. The molecule has 0 fully saturated rings. The van der Waals surface area contributed by atoms with Crippen molar-refractivity contribution in [3.8, 4) is 0 Å². The van der Waals surface area contributed by atoms with Gasteiger partial charge >= 0.3 is 0 Å². The molecule has 5 nitrogen and oxygen atoms in total. The van der Waals surface area contributed by atoms with Crippen LogP contribution < -0.4 is 4.90 Å². The van der Waals surface area contributed by atoms with Crippen LogP contribution in [-0.4, -0.2) is 49.4 Å². The van der Waals surface area contributed by atoms with E-state index in [-0.39, 0.29) is 4.90 Å². The van der Waals surface area contributed by atoms with Crippen LogP contribution in [0.2, 0.25) is 0 Å². The first-order valence-corrected chi connectivity index (χ1v) is 20.8. The zero-order chi connectivity index (χ0) is 36.0. The van der Waals surface area contributed by atoms with Crippen molar-refractivity contribution in [2.24, 2.45) is 0 Å². The summed E-state index contributed by atoms with van der Waals surface area (Å²) >= 11 is 0. The molecular formula is C43H65N2O3S+. The van der Waals surface area contributed by atoms with Gasteiger partial charge in [0.1, 0.15) is 18.0 Å². The lowest BCUT2D eigenvalue weighted by Crippen LogP contribution is -2.28. The van der Waals surface area contributed by atoms with Crippen LogP contribution in [0.3, 0.4) is 0 Å². The molecule has 2 aromatic carbocycles. The van der Waals surface area contributed by atoms with Gasteiger partial charge in [0.05, 0.1) is 0 Å². The van der Waals surface area contributed by atoms with Crippen molar-refractivity contribution in [2.45, 2.75) is 137 Å². The minimum absolute atomic E-state index is 0.0506. The third-order valence-corrected chi connectivity index (χ3v) is 10.7. The van der Waals surface area contributed by atoms with Gasteiger partial charge in [0.25, 0.3) is 10.1 Å². The Morgan fingerprint density at radius 2 is 1.18 bits per heavy atom. The maximum Gasteiger partial charge on any atom is 0.295 e. The fourth-order valence-corrected chi connectivity index (χ4v) is 7.84. The summed E-state index contributed by atoms with van der Waals surface area (Å²) in [6, 6.07) is 11.6. The zero-order valence-electron chi connectivity index (χ0n) is 32.0. The van der Waals surface area contributed by atoms with Gasteiger partial charge in [-0.25, -0.2) is 4.58 Å². The summed E-state index contributed by atoms with van der Waals surface area (Å²) in [7, 11) is -4.48. The van der Waals surface area contributed by atoms with Crippen LogP contribution in [0.15, 0.2) is 70.2 Å². The highest BCUT2D eigenvalue weighted by Crippen LogP contribution is 2.40. The molecule has 0 radical (unpaired) electrons. The first-order valence-electron chi connectivity index (χ1n) is 19.4. The number of hydrogen-bond acceptors (Lipinski definition) is 3. The lowest BCUT2D eigenvalue weighted by atomic mass is 9.83. The molecule has 0 spiro atoms. The summed E-state index contributed by atoms with van der Waals surface area (Å²) in [6.45, 7) is 22.1. The van der Waals surface area contributed by atoms with Gasteiger partial charge in [0.15, 0.2) is 0 Å². The van der Waals surface area contributed by atoms with E-state index in [4.69, 9.17) is 0 Å². The first kappa shape index (κ1) is 40.5. The third-order valence-electron chi connectivity index (χ3n) is 9.83. The second-order valence-electron chi connectivity index (χ2n) is 13.4. The van der Waals surface area contributed by atoms with E-state index in [1.54, 1.807) is 6.07 Å². The Labute approximate surface area is 299 Å². The Morgan fingerprint density at radius 1 is 0.694 bits per heavy atom. The van der Waals surface area contributed by atoms with Crippen molar-refractivity contribution >= 4 is 27.1 Å². The molecule has 0 heterocycles. The molecule has 0 bridgehead atoms. The van der Waals surface area contributed by atoms with Crippen LogP contribution >= 0.6 is 0 Å². The molecule has 3 rings (SSSR count). The van der Waals surface area contributed by atoms with E-state index < -0.39 is 10.1 Å². The SMILES string of the molecule is CCCCN(CCCC)c1c(CC)cc(C(=C2C=C(CC)C(=[N+](CCCC)CCCC)C(CC)=C2)c2ccccc2S(=O)(=O)O)cc1CC. The topological polar surface area (TPSA) is 60.6 Å². The number of aryl methyl sites for hydroxylation is 2. The Hall–Kier alpha value is -2.96. The number of allylic oxidation sites excluding steroid dienone is 5. The second kappa shape index (κ2) is 20.0. The highest BCUT2D eigenvalue weighted by atomic mass is 32.2. The predicted molar refractivity (Wildman–Crippen MR) is 211 cm³/mol. The van der Waals surface area contributed by atoms with Crippen molar-refractivity contribution in [3.63, 3.8) is 0 Å². The Kier molecular flexibility index (Phi) is 16.5. The van der Waals surface area contributed by atoms with Crippen LogP contribution in [0.4, 0.5) is 5.69 Å². The van der Waals surface area contributed by atoms with E-state index >= 15 is 0 Å². The number of anilines is 1. The third kappa shape index (κ3) is 10.3. The fourth-order valence-electron chi connectivity index (χ4n) is 7.14. The summed E-state index contributed by atoms with van der Waals surface area (Å²) < 4.78 is 39.0. The van der Waals surface area contributed by atoms with E-state index in [9.17, 15) is 13.0 Å². The molecule has 270 valence electrons. The van der Waals surface area contributed by atoms with Crippen molar-refractivity contribution in [1.29, 1.82) is 0 Å². The number of rotatable bonds is 20. The Morgan fingerprint density at radius 3 is 1.61 bits per heavy atom. The zero-order valence-corrected chi connectivity index (χ0v) is 32.8. The molecule has 1 N–H and O–H groups in total. The smallest absolute Gasteiger partial charge is 0.295 e. The molecule has 0 aromatic heterocycles. The molecule has 6 heteroatoms. The minimum Gasteiger partial charge on any atom is -0.371 e. The maximum atomic E-state index is 12.9. The maximum absolute atomic E-state index is 12.9. The van der Waals surface area contributed by atoms with Gasteiger partial charge in [-0.15, -0.1) is 0 Å². The largest absolute Gasteiger partial charge is 0.371 e. The van der Waals surface area contributed by atoms with E-state index in [0.717, 1.165) is 120 Å². The Balaban J connectivity index is 2.50. The first-order chi connectivity index (χ1) is 23.6. The normalized spacial score (nSPS) is 13.4. The van der Waals surface area contributed by atoms with E-state index in [1.165, 1.54) is 39.7 Å². The van der Waals surface area contributed by atoms with Crippen molar-refractivity contribution in [1.82, 2.24) is 0 Å². The van der Waals surface area contributed by atoms with Gasteiger partial charge in [0, 0.05) is 48.3 Å². The summed E-state index contributed by atoms with van der Waals surface area (Å²) in [5.74, 6) is 0. The molecule has 49 heavy (non-hydrogen) atoms. The molecule has 2 aromatic rings. The molecule has 0 aliphatic heterocycles. The molecule has 1 aliphatic carbocycles. The van der Waals surface area contributed by atoms with E-state index in [0.29, 0.717) is 5.56 Å². The van der Waals surface area contributed by atoms with Gasteiger partial charge in [-0.3, -0.25) is 4.55 Å². The predicted octanol–water partition coefficient (Wildman–Crippen LogP) is 11.0. The summed E-state index contributed by atoms with van der Waals surface area (Å²) in [4.78, 5) is 2.55. The van der Waals surface area contributed by atoms with Gasteiger partial charge in [-0.1, -0.05) is 99.3 Å². The van der Waals surface area contributed by atoms with E-state index in [2.05, 4.69) is 89.2 Å². The molecule has 0 saturated carbocycles. The second-order valence-corrected chi connectivity index (χ2v) is 14.8. The number of benzene rings is 2. The average molecular weight is 690 g/mol. The van der Waals surface area contributed by atoms with Crippen LogP contribution in [0.25, 0.3) is 5.57 Å². The van der Waals surface area contributed by atoms with Gasteiger partial charge in [0.2, 0.25) is 5.71 Å². The average Bonchev–Trinajstić information content (AvgIpc) is 3.11. The number of hydrogen-bond donors (Lipinski definition) is 1. The van der Waals surface area contributed by atoms with Crippen LogP contribution in [0.5, 0.6) is 0 Å². The minimum atomic E-state index is -4.48. The summed E-state index contributed by atoms with van der Waals surface area (Å²) in [5.41, 5.74) is 11.3. The summed E-state index contributed by atoms with van der Waals surface area (Å²) in [5, 5.41) is 0. The Bertz CT molecular complexity index is 1560. The monoisotopic (exact) mass is 689 g/mol. The number of nitrogens with zero attached hydrogens (tertiary/aromatic N) is 2. The molecular weight excluding hydrogens is 625 g/mol. The van der Waals surface area contributed by atoms with Crippen LogP contribution in [0.1, 0.15) is 142 Å². The molecule has 0 amide bonds. The van der Waals surface area contributed by atoms with Gasteiger partial charge in [-0.05, 0) is 96.7 Å². The molecule has 0 atom stereocenters. The van der Waals surface area contributed by atoms with Crippen molar-refractivity contribution < 1.29 is 17.5 Å². The van der Waals surface area contributed by atoms with Crippen LogP contribution in [-0.2, 0) is 23.0 Å². The van der Waals surface area contributed by atoms with Crippen molar-refractivity contribution in [3.05, 3.63) is 87.5 Å². The molecule has 1 aliphatic rings.